The predicted molar refractivity (Wildman–Crippen MR) is 55.0 cm³/mol. The Morgan fingerprint density at radius 2 is 2.27 bits per heavy atom. The minimum absolute atomic E-state index is 0.202. The van der Waals surface area contributed by atoms with Gasteiger partial charge >= 0.3 is 0 Å². The molecular formula is C10H13N3O2. The van der Waals surface area contributed by atoms with E-state index in [0.717, 1.165) is 19.4 Å². The molecule has 1 aliphatic heterocycles. The number of nitrogens with zero attached hydrogens (tertiary/aromatic N) is 3. The first-order chi connectivity index (χ1) is 7.29. The molecule has 0 radical (unpaired) electrons. The molecule has 1 unspecified atom stereocenters. The molecule has 0 aromatic carbocycles. The molecule has 1 atom stereocenters. The Hall–Kier alpha value is -1.49. The average Bonchev–Trinajstić information content (AvgIpc) is 2.29. The number of ether oxygens (including phenoxy) is 1. The summed E-state index contributed by atoms with van der Waals surface area (Å²) in [6, 6.07) is 0. The molecule has 1 fully saturated rings. The molecule has 0 N–H and O–H groups in total. The van der Waals surface area contributed by atoms with Crippen LogP contribution in [0.3, 0.4) is 0 Å². The highest BCUT2D eigenvalue weighted by Gasteiger charge is 2.18. The zero-order chi connectivity index (χ0) is 10.7. The van der Waals surface area contributed by atoms with Gasteiger partial charge in [-0.3, -0.25) is 4.79 Å². The van der Waals surface area contributed by atoms with Gasteiger partial charge in [-0.05, 0) is 6.92 Å². The van der Waals surface area contributed by atoms with Crippen molar-refractivity contribution >= 4 is 12.2 Å². The zero-order valence-corrected chi connectivity index (χ0v) is 8.59. The van der Waals surface area contributed by atoms with E-state index >= 15 is 0 Å². The molecule has 5 heteroatoms. The fraction of sp³-hybridized carbons (Fsp3) is 0.500. The van der Waals surface area contributed by atoms with Gasteiger partial charge in [0.25, 0.3) is 0 Å². The van der Waals surface area contributed by atoms with Crippen LogP contribution >= 0.6 is 0 Å². The van der Waals surface area contributed by atoms with Gasteiger partial charge in [0.15, 0.2) is 6.29 Å². The highest BCUT2D eigenvalue weighted by atomic mass is 16.5. The molecule has 0 saturated carbocycles. The second-order valence-electron chi connectivity index (χ2n) is 3.56. The highest BCUT2D eigenvalue weighted by Crippen LogP contribution is 2.11. The third-order valence-corrected chi connectivity index (χ3v) is 2.32. The highest BCUT2D eigenvalue weighted by molar-refractivity contribution is 5.73. The second kappa shape index (κ2) is 4.35. The Bertz CT molecular complexity index is 339. The monoisotopic (exact) mass is 207 g/mol. The number of carbonyl (C=O) groups excluding carboxylic acids is 1. The molecule has 1 aromatic rings. The molecule has 1 saturated heterocycles. The lowest BCUT2D eigenvalue weighted by molar-refractivity contribution is 0.0526. The van der Waals surface area contributed by atoms with E-state index in [1.54, 1.807) is 0 Å². The van der Waals surface area contributed by atoms with E-state index in [-0.39, 0.29) is 6.10 Å². The van der Waals surface area contributed by atoms with Gasteiger partial charge in [0.05, 0.1) is 18.3 Å². The van der Waals surface area contributed by atoms with Crippen LogP contribution < -0.4 is 4.90 Å². The maximum absolute atomic E-state index is 10.4. The third-order valence-electron chi connectivity index (χ3n) is 2.32. The Kier molecular flexibility index (Phi) is 2.91. The first-order valence-electron chi connectivity index (χ1n) is 4.93. The summed E-state index contributed by atoms with van der Waals surface area (Å²) in [7, 11) is 0. The van der Waals surface area contributed by atoms with Crippen molar-refractivity contribution in [1.82, 2.24) is 9.97 Å². The SMILES string of the molecule is CC1CN(c2ncc(C=O)cn2)CCO1. The predicted octanol–water partition coefficient (Wildman–Crippen LogP) is 0.514. The summed E-state index contributed by atoms with van der Waals surface area (Å²) in [5.41, 5.74) is 0.500. The molecule has 0 amide bonds. The van der Waals surface area contributed by atoms with Crippen LogP contribution in [0, 0.1) is 0 Å². The van der Waals surface area contributed by atoms with Crippen molar-refractivity contribution in [2.24, 2.45) is 0 Å². The zero-order valence-electron chi connectivity index (χ0n) is 8.59. The molecule has 1 aliphatic rings. The minimum Gasteiger partial charge on any atom is -0.375 e. The maximum atomic E-state index is 10.4. The summed E-state index contributed by atoms with van der Waals surface area (Å²) in [5, 5.41) is 0. The van der Waals surface area contributed by atoms with Gasteiger partial charge in [0.1, 0.15) is 0 Å². The van der Waals surface area contributed by atoms with Gasteiger partial charge in [-0.25, -0.2) is 9.97 Å². The first kappa shape index (κ1) is 10.0. The van der Waals surface area contributed by atoms with Crippen LogP contribution in [0.15, 0.2) is 12.4 Å². The fourth-order valence-corrected chi connectivity index (χ4v) is 1.56. The minimum atomic E-state index is 0.202. The van der Waals surface area contributed by atoms with Crippen molar-refractivity contribution in [3.63, 3.8) is 0 Å². The lowest BCUT2D eigenvalue weighted by Gasteiger charge is -2.30. The van der Waals surface area contributed by atoms with Crippen LogP contribution in [-0.2, 0) is 4.74 Å². The van der Waals surface area contributed by atoms with E-state index in [1.165, 1.54) is 12.4 Å². The molecular weight excluding hydrogens is 194 g/mol. The number of anilines is 1. The van der Waals surface area contributed by atoms with Crippen LogP contribution in [-0.4, -0.2) is 42.1 Å². The van der Waals surface area contributed by atoms with Crippen molar-refractivity contribution in [3.05, 3.63) is 18.0 Å². The molecule has 2 rings (SSSR count). The number of aromatic nitrogens is 2. The summed E-state index contributed by atoms with van der Waals surface area (Å²) in [5.74, 6) is 0.663. The first-order valence-corrected chi connectivity index (χ1v) is 4.93. The molecule has 0 bridgehead atoms. The molecule has 2 heterocycles. The normalized spacial score (nSPS) is 21.4. The van der Waals surface area contributed by atoms with E-state index in [0.29, 0.717) is 18.1 Å². The second-order valence-corrected chi connectivity index (χ2v) is 3.56. The van der Waals surface area contributed by atoms with Gasteiger partial charge < -0.3 is 9.64 Å². The van der Waals surface area contributed by atoms with Crippen LogP contribution in [0.1, 0.15) is 17.3 Å². The van der Waals surface area contributed by atoms with Crippen molar-refractivity contribution in [1.29, 1.82) is 0 Å². The average molecular weight is 207 g/mol. The molecule has 0 spiro atoms. The number of carbonyl (C=O) groups is 1. The third kappa shape index (κ3) is 2.30. The quantitative estimate of drug-likeness (QED) is 0.661. The van der Waals surface area contributed by atoms with Gasteiger partial charge in [-0.2, -0.15) is 0 Å². The number of morpholine rings is 1. The van der Waals surface area contributed by atoms with E-state index in [1.807, 2.05) is 6.92 Å². The molecule has 5 nitrogen and oxygen atoms in total. The Morgan fingerprint density at radius 1 is 1.53 bits per heavy atom. The van der Waals surface area contributed by atoms with E-state index in [9.17, 15) is 4.79 Å². The largest absolute Gasteiger partial charge is 0.375 e. The fourth-order valence-electron chi connectivity index (χ4n) is 1.56. The number of aldehydes is 1. The van der Waals surface area contributed by atoms with Crippen molar-refractivity contribution in [3.8, 4) is 0 Å². The summed E-state index contributed by atoms with van der Waals surface area (Å²) in [4.78, 5) is 20.8. The van der Waals surface area contributed by atoms with Crippen molar-refractivity contribution < 1.29 is 9.53 Å². The smallest absolute Gasteiger partial charge is 0.225 e. The Balaban J connectivity index is 2.11. The van der Waals surface area contributed by atoms with E-state index in [4.69, 9.17) is 4.74 Å². The molecule has 15 heavy (non-hydrogen) atoms. The molecule has 0 aliphatic carbocycles. The standard InChI is InChI=1S/C10H13N3O2/c1-8-6-13(2-3-15-8)10-11-4-9(7-14)5-12-10/h4-5,7-8H,2-3,6H2,1H3. The number of rotatable bonds is 2. The van der Waals surface area contributed by atoms with Crippen LogP contribution in [0.25, 0.3) is 0 Å². The summed E-state index contributed by atoms with van der Waals surface area (Å²) < 4.78 is 5.42. The lowest BCUT2D eigenvalue weighted by atomic mass is 10.3. The topological polar surface area (TPSA) is 55.3 Å². The van der Waals surface area contributed by atoms with Gasteiger partial charge in [0.2, 0.25) is 5.95 Å². The maximum Gasteiger partial charge on any atom is 0.225 e. The van der Waals surface area contributed by atoms with E-state index in [2.05, 4.69) is 14.9 Å². The summed E-state index contributed by atoms with van der Waals surface area (Å²) >= 11 is 0. The summed E-state index contributed by atoms with van der Waals surface area (Å²) in [6.45, 7) is 4.30. The molecule has 80 valence electrons. The van der Waals surface area contributed by atoms with Crippen LogP contribution in [0.2, 0.25) is 0 Å². The Labute approximate surface area is 88.1 Å². The number of hydrogen-bond acceptors (Lipinski definition) is 5. The van der Waals surface area contributed by atoms with Crippen molar-refractivity contribution in [2.45, 2.75) is 13.0 Å². The van der Waals surface area contributed by atoms with Crippen LogP contribution in [0.4, 0.5) is 5.95 Å². The van der Waals surface area contributed by atoms with Crippen LogP contribution in [0.5, 0.6) is 0 Å². The molecule has 1 aromatic heterocycles. The van der Waals surface area contributed by atoms with Gasteiger partial charge in [-0.15, -0.1) is 0 Å². The van der Waals surface area contributed by atoms with Crippen molar-refractivity contribution in [2.75, 3.05) is 24.6 Å². The lowest BCUT2D eigenvalue weighted by Crippen LogP contribution is -2.41. The summed E-state index contributed by atoms with van der Waals surface area (Å²) in [6.07, 6.45) is 4.02. The van der Waals surface area contributed by atoms with Gasteiger partial charge in [-0.1, -0.05) is 0 Å². The number of hydrogen-bond donors (Lipinski definition) is 0. The van der Waals surface area contributed by atoms with E-state index < -0.39 is 0 Å². The Morgan fingerprint density at radius 3 is 2.87 bits per heavy atom. The van der Waals surface area contributed by atoms with Gasteiger partial charge in [0, 0.05) is 25.5 Å².